The molecule has 1 aromatic heterocycles. The average Bonchev–Trinajstić information content (AvgIpc) is 2.85. The maximum Gasteiger partial charge on any atom is 0.326 e. The van der Waals surface area contributed by atoms with Crippen molar-refractivity contribution in [2.75, 3.05) is 0 Å². The molecular formula is C14H16N2O3S. The molecule has 106 valence electrons. The second kappa shape index (κ2) is 6.47. The molecule has 2 aromatic rings. The van der Waals surface area contributed by atoms with E-state index in [4.69, 9.17) is 5.11 Å². The van der Waals surface area contributed by atoms with E-state index < -0.39 is 12.0 Å². The highest BCUT2D eigenvalue weighted by molar-refractivity contribution is 7.18. The minimum atomic E-state index is -0.999. The Kier molecular flexibility index (Phi) is 4.68. The molecule has 0 aliphatic heterocycles. The van der Waals surface area contributed by atoms with Crippen molar-refractivity contribution in [1.82, 2.24) is 10.3 Å². The first kappa shape index (κ1) is 14.5. The Hall–Kier alpha value is -1.95. The molecule has 20 heavy (non-hydrogen) atoms. The summed E-state index contributed by atoms with van der Waals surface area (Å²) in [6.45, 7) is 1.73. The Morgan fingerprint density at radius 3 is 2.80 bits per heavy atom. The van der Waals surface area contributed by atoms with Crippen molar-refractivity contribution in [1.29, 1.82) is 0 Å². The molecule has 0 bridgehead atoms. The topological polar surface area (TPSA) is 79.3 Å². The van der Waals surface area contributed by atoms with Gasteiger partial charge in [-0.25, -0.2) is 9.78 Å². The smallest absolute Gasteiger partial charge is 0.326 e. The van der Waals surface area contributed by atoms with Gasteiger partial charge < -0.3 is 10.4 Å². The van der Waals surface area contributed by atoms with Gasteiger partial charge in [0.2, 0.25) is 5.91 Å². The molecule has 0 aliphatic rings. The maximum absolute atomic E-state index is 11.7. The molecule has 1 amide bonds. The van der Waals surface area contributed by atoms with Gasteiger partial charge in [-0.15, -0.1) is 11.3 Å². The number of fused-ring (bicyclic) bond motifs is 1. The Morgan fingerprint density at radius 2 is 2.15 bits per heavy atom. The summed E-state index contributed by atoms with van der Waals surface area (Å²) < 4.78 is 1.10. The molecule has 1 aromatic carbocycles. The maximum atomic E-state index is 11.7. The number of amides is 1. The third kappa shape index (κ3) is 3.54. The van der Waals surface area contributed by atoms with Crippen molar-refractivity contribution in [2.45, 2.75) is 32.2 Å². The first-order valence-corrected chi connectivity index (χ1v) is 7.28. The summed E-state index contributed by atoms with van der Waals surface area (Å²) in [6, 6.07) is 7.01. The number of thiazole rings is 1. The largest absolute Gasteiger partial charge is 0.480 e. The predicted octanol–water partition coefficient (Wildman–Crippen LogP) is 2.21. The SMILES string of the molecule is CC[C@@H](NC(=O)CCc1nc2ccccc2s1)C(=O)O. The second-order valence-electron chi connectivity index (χ2n) is 4.44. The summed E-state index contributed by atoms with van der Waals surface area (Å²) in [5.41, 5.74) is 0.935. The summed E-state index contributed by atoms with van der Waals surface area (Å²) in [5.74, 6) is -1.25. The summed E-state index contributed by atoms with van der Waals surface area (Å²) in [6.07, 6.45) is 1.16. The van der Waals surface area contributed by atoms with E-state index >= 15 is 0 Å². The number of carbonyl (C=O) groups excluding carboxylic acids is 1. The van der Waals surface area contributed by atoms with Crippen molar-refractivity contribution in [3.63, 3.8) is 0 Å². The minimum absolute atomic E-state index is 0.251. The van der Waals surface area contributed by atoms with Gasteiger partial charge in [-0.1, -0.05) is 19.1 Å². The lowest BCUT2D eigenvalue weighted by molar-refractivity contribution is -0.141. The van der Waals surface area contributed by atoms with Crippen molar-refractivity contribution in [2.24, 2.45) is 0 Å². The monoisotopic (exact) mass is 292 g/mol. The van der Waals surface area contributed by atoms with E-state index in [2.05, 4.69) is 10.3 Å². The van der Waals surface area contributed by atoms with E-state index in [1.807, 2.05) is 24.3 Å². The molecule has 2 rings (SSSR count). The van der Waals surface area contributed by atoms with E-state index in [1.165, 1.54) is 0 Å². The van der Waals surface area contributed by atoms with Crippen LogP contribution in [-0.2, 0) is 16.0 Å². The molecule has 6 heteroatoms. The molecule has 0 saturated carbocycles. The zero-order valence-corrected chi connectivity index (χ0v) is 11.9. The molecule has 2 N–H and O–H groups in total. The summed E-state index contributed by atoms with van der Waals surface area (Å²) in [7, 11) is 0. The van der Waals surface area contributed by atoms with Crippen LogP contribution in [0.5, 0.6) is 0 Å². The van der Waals surface area contributed by atoms with E-state index in [0.29, 0.717) is 12.8 Å². The van der Waals surface area contributed by atoms with Gasteiger partial charge >= 0.3 is 5.97 Å². The minimum Gasteiger partial charge on any atom is -0.480 e. The molecule has 0 aliphatic carbocycles. The van der Waals surface area contributed by atoms with Crippen LogP contribution in [0, 0.1) is 0 Å². The van der Waals surface area contributed by atoms with E-state index in [9.17, 15) is 9.59 Å². The molecule has 0 spiro atoms. The lowest BCUT2D eigenvalue weighted by atomic mass is 10.2. The molecule has 1 heterocycles. The Balaban J connectivity index is 1.91. The fourth-order valence-electron chi connectivity index (χ4n) is 1.85. The highest BCUT2D eigenvalue weighted by atomic mass is 32.1. The van der Waals surface area contributed by atoms with Gasteiger partial charge in [-0.3, -0.25) is 4.79 Å². The zero-order chi connectivity index (χ0) is 14.5. The first-order valence-electron chi connectivity index (χ1n) is 6.46. The van der Waals surface area contributed by atoms with Crippen molar-refractivity contribution < 1.29 is 14.7 Å². The summed E-state index contributed by atoms with van der Waals surface area (Å²) in [5, 5.41) is 12.3. The molecule has 0 fully saturated rings. The van der Waals surface area contributed by atoms with E-state index in [1.54, 1.807) is 18.3 Å². The standard InChI is InChI=1S/C14H16N2O3S/c1-2-9(14(18)19)15-12(17)7-8-13-16-10-5-3-4-6-11(10)20-13/h3-6,9H,2,7-8H2,1H3,(H,15,17)(H,18,19)/t9-/m1/s1. The first-order chi connectivity index (χ1) is 9.60. The number of carboxylic acid groups (broad SMARTS) is 1. The van der Waals surface area contributed by atoms with E-state index in [-0.39, 0.29) is 12.3 Å². The normalized spacial score (nSPS) is 12.2. The van der Waals surface area contributed by atoms with Crippen molar-refractivity contribution in [3.8, 4) is 0 Å². The summed E-state index contributed by atoms with van der Waals surface area (Å²) >= 11 is 1.56. The number of carbonyl (C=O) groups is 2. The van der Waals surface area contributed by atoms with Crippen LogP contribution in [-0.4, -0.2) is 28.0 Å². The van der Waals surface area contributed by atoms with Gasteiger partial charge in [0.15, 0.2) is 0 Å². The number of rotatable bonds is 6. The van der Waals surface area contributed by atoms with Crippen LogP contribution in [0.25, 0.3) is 10.2 Å². The van der Waals surface area contributed by atoms with Crippen LogP contribution in [0.3, 0.4) is 0 Å². The lowest BCUT2D eigenvalue weighted by Gasteiger charge is -2.11. The van der Waals surface area contributed by atoms with Gasteiger partial charge in [0.05, 0.1) is 15.2 Å². The molecule has 5 nitrogen and oxygen atoms in total. The van der Waals surface area contributed by atoms with Crippen molar-refractivity contribution >= 4 is 33.4 Å². The van der Waals surface area contributed by atoms with Gasteiger partial charge in [0.1, 0.15) is 6.04 Å². The third-order valence-corrected chi connectivity index (χ3v) is 4.04. The number of benzene rings is 1. The zero-order valence-electron chi connectivity index (χ0n) is 11.1. The van der Waals surface area contributed by atoms with Crippen molar-refractivity contribution in [3.05, 3.63) is 29.3 Å². The molecule has 0 unspecified atom stereocenters. The Morgan fingerprint density at radius 1 is 1.40 bits per heavy atom. The Labute approximate surface area is 120 Å². The van der Waals surface area contributed by atoms with Crippen LogP contribution in [0.2, 0.25) is 0 Å². The molecule has 0 saturated heterocycles. The number of nitrogens with one attached hydrogen (secondary N) is 1. The fraction of sp³-hybridized carbons (Fsp3) is 0.357. The van der Waals surface area contributed by atoms with Gasteiger partial charge in [-0.2, -0.15) is 0 Å². The number of hydrogen-bond donors (Lipinski definition) is 2. The van der Waals surface area contributed by atoms with Gasteiger partial charge in [0.25, 0.3) is 0 Å². The summed E-state index contributed by atoms with van der Waals surface area (Å²) in [4.78, 5) is 27.0. The highest BCUT2D eigenvalue weighted by Gasteiger charge is 2.17. The molecule has 1 atom stereocenters. The van der Waals surface area contributed by atoms with Crippen LogP contribution in [0.1, 0.15) is 24.8 Å². The number of nitrogens with zero attached hydrogens (tertiary/aromatic N) is 1. The van der Waals surface area contributed by atoms with E-state index in [0.717, 1.165) is 15.2 Å². The average molecular weight is 292 g/mol. The quantitative estimate of drug-likeness (QED) is 0.855. The van der Waals surface area contributed by atoms with Crippen LogP contribution < -0.4 is 5.32 Å². The van der Waals surface area contributed by atoms with Crippen LogP contribution >= 0.6 is 11.3 Å². The number of aryl methyl sites for hydroxylation is 1. The van der Waals surface area contributed by atoms with Gasteiger partial charge in [-0.05, 0) is 18.6 Å². The van der Waals surface area contributed by atoms with Crippen LogP contribution in [0.4, 0.5) is 0 Å². The highest BCUT2D eigenvalue weighted by Crippen LogP contribution is 2.22. The number of aliphatic carboxylic acids is 1. The second-order valence-corrected chi connectivity index (χ2v) is 5.56. The number of aromatic nitrogens is 1. The number of carboxylic acids is 1. The number of hydrogen-bond acceptors (Lipinski definition) is 4. The van der Waals surface area contributed by atoms with Crippen LogP contribution in [0.15, 0.2) is 24.3 Å². The molecule has 0 radical (unpaired) electrons. The number of para-hydroxylation sites is 1. The lowest BCUT2D eigenvalue weighted by Crippen LogP contribution is -2.40. The molecular weight excluding hydrogens is 276 g/mol. The third-order valence-electron chi connectivity index (χ3n) is 2.95. The predicted molar refractivity (Wildman–Crippen MR) is 77.8 cm³/mol. The van der Waals surface area contributed by atoms with Gasteiger partial charge in [0, 0.05) is 12.8 Å². The Bertz CT molecular complexity index is 591. The fourth-order valence-corrected chi connectivity index (χ4v) is 2.82.